The monoisotopic (exact) mass is 297 g/mol. The number of methoxy groups -OCH3 is 2. The van der Waals surface area contributed by atoms with Crippen LogP contribution in [0.25, 0.3) is 0 Å². The van der Waals surface area contributed by atoms with E-state index in [0.717, 1.165) is 30.9 Å². The van der Waals surface area contributed by atoms with Crippen LogP contribution in [0.3, 0.4) is 0 Å². The molecule has 3 rings (SSSR count). The first-order valence-corrected chi connectivity index (χ1v) is 7.84. The number of rotatable bonds is 4. The molecule has 1 heterocycles. The highest BCUT2D eigenvalue weighted by atomic mass is 16.5. The van der Waals surface area contributed by atoms with Crippen molar-refractivity contribution < 1.29 is 9.47 Å². The summed E-state index contributed by atoms with van der Waals surface area (Å²) >= 11 is 0. The molecule has 0 N–H and O–H groups in total. The van der Waals surface area contributed by atoms with E-state index in [1.165, 1.54) is 16.8 Å². The first-order chi connectivity index (χ1) is 10.8. The van der Waals surface area contributed by atoms with Gasteiger partial charge in [0.05, 0.1) is 20.3 Å². The highest BCUT2D eigenvalue weighted by Gasteiger charge is 2.26. The molecule has 0 amide bonds. The lowest BCUT2D eigenvalue weighted by Crippen LogP contribution is -2.35. The summed E-state index contributed by atoms with van der Waals surface area (Å²) in [5.41, 5.74) is 4.09. The molecule has 0 saturated carbocycles. The van der Waals surface area contributed by atoms with Gasteiger partial charge in [-0.1, -0.05) is 13.0 Å². The van der Waals surface area contributed by atoms with E-state index < -0.39 is 0 Å². The van der Waals surface area contributed by atoms with Gasteiger partial charge in [-0.2, -0.15) is 0 Å². The van der Waals surface area contributed by atoms with Crippen molar-refractivity contribution in [2.24, 2.45) is 0 Å². The van der Waals surface area contributed by atoms with Crippen molar-refractivity contribution in [2.75, 3.05) is 25.7 Å². The Balaban J connectivity index is 1.93. The van der Waals surface area contributed by atoms with Crippen molar-refractivity contribution in [3.05, 3.63) is 53.6 Å². The van der Waals surface area contributed by atoms with Crippen LogP contribution in [0.4, 0.5) is 5.69 Å². The van der Waals surface area contributed by atoms with E-state index in [4.69, 9.17) is 9.47 Å². The van der Waals surface area contributed by atoms with E-state index in [-0.39, 0.29) is 0 Å². The zero-order valence-corrected chi connectivity index (χ0v) is 13.5. The number of hydrogen-bond acceptors (Lipinski definition) is 3. The van der Waals surface area contributed by atoms with E-state index in [0.29, 0.717) is 6.04 Å². The standard InChI is InChI=1S/C19H23NO2/c1-4-19-18-10-9-17(22-3)13-14(18)11-12-20(19)15-5-7-16(21-2)8-6-15/h5-10,13,19H,4,11-12H2,1-3H3. The molecule has 0 aliphatic carbocycles. The van der Waals surface area contributed by atoms with Gasteiger partial charge in [-0.05, 0) is 60.4 Å². The fourth-order valence-corrected chi connectivity index (χ4v) is 3.34. The van der Waals surface area contributed by atoms with Gasteiger partial charge in [0.1, 0.15) is 11.5 Å². The van der Waals surface area contributed by atoms with Gasteiger partial charge in [-0.25, -0.2) is 0 Å². The van der Waals surface area contributed by atoms with E-state index in [1.54, 1.807) is 14.2 Å². The Labute approximate surface area is 132 Å². The summed E-state index contributed by atoms with van der Waals surface area (Å²) in [6, 6.07) is 15.3. The maximum Gasteiger partial charge on any atom is 0.119 e. The maximum absolute atomic E-state index is 5.36. The molecule has 22 heavy (non-hydrogen) atoms. The smallest absolute Gasteiger partial charge is 0.119 e. The first-order valence-electron chi connectivity index (χ1n) is 7.84. The Morgan fingerprint density at radius 2 is 1.68 bits per heavy atom. The maximum atomic E-state index is 5.36. The molecule has 1 unspecified atom stereocenters. The topological polar surface area (TPSA) is 21.7 Å². The predicted octanol–water partition coefficient (Wildman–Crippen LogP) is 4.22. The van der Waals surface area contributed by atoms with Gasteiger partial charge in [0.15, 0.2) is 0 Å². The van der Waals surface area contributed by atoms with Crippen molar-refractivity contribution in [1.82, 2.24) is 0 Å². The molecule has 0 bridgehead atoms. The van der Waals surface area contributed by atoms with E-state index >= 15 is 0 Å². The second-order valence-corrected chi connectivity index (χ2v) is 5.63. The van der Waals surface area contributed by atoms with Crippen molar-refractivity contribution in [3.63, 3.8) is 0 Å². The number of benzene rings is 2. The van der Waals surface area contributed by atoms with Crippen molar-refractivity contribution in [1.29, 1.82) is 0 Å². The molecule has 0 aromatic heterocycles. The van der Waals surface area contributed by atoms with Crippen LogP contribution in [-0.4, -0.2) is 20.8 Å². The number of ether oxygens (including phenoxy) is 2. The van der Waals surface area contributed by atoms with Gasteiger partial charge in [0.2, 0.25) is 0 Å². The lowest BCUT2D eigenvalue weighted by atomic mass is 9.90. The Bertz CT molecular complexity index is 636. The minimum atomic E-state index is 0.419. The Hall–Kier alpha value is -2.16. The van der Waals surface area contributed by atoms with Crippen LogP contribution < -0.4 is 14.4 Å². The van der Waals surface area contributed by atoms with Crippen LogP contribution in [0, 0.1) is 0 Å². The number of fused-ring (bicyclic) bond motifs is 1. The second-order valence-electron chi connectivity index (χ2n) is 5.63. The zero-order chi connectivity index (χ0) is 15.5. The van der Waals surface area contributed by atoms with E-state index in [9.17, 15) is 0 Å². The largest absolute Gasteiger partial charge is 0.497 e. The van der Waals surface area contributed by atoms with Gasteiger partial charge in [-0.15, -0.1) is 0 Å². The highest BCUT2D eigenvalue weighted by Crippen LogP contribution is 2.37. The third-order valence-electron chi connectivity index (χ3n) is 4.50. The summed E-state index contributed by atoms with van der Waals surface area (Å²) < 4.78 is 10.6. The summed E-state index contributed by atoms with van der Waals surface area (Å²) in [5.74, 6) is 1.85. The van der Waals surface area contributed by atoms with Crippen LogP contribution in [0.5, 0.6) is 11.5 Å². The summed E-state index contributed by atoms with van der Waals surface area (Å²) in [6.07, 6.45) is 2.14. The molecule has 0 radical (unpaired) electrons. The second kappa shape index (κ2) is 6.30. The lowest BCUT2D eigenvalue weighted by molar-refractivity contribution is 0.413. The Morgan fingerprint density at radius 3 is 2.32 bits per heavy atom. The quantitative estimate of drug-likeness (QED) is 0.843. The van der Waals surface area contributed by atoms with Gasteiger partial charge >= 0.3 is 0 Å². The molecule has 1 aliphatic heterocycles. The highest BCUT2D eigenvalue weighted by molar-refractivity contribution is 5.54. The molecule has 1 atom stereocenters. The summed E-state index contributed by atoms with van der Waals surface area (Å²) in [6.45, 7) is 3.28. The van der Waals surface area contributed by atoms with E-state index in [1.807, 2.05) is 12.1 Å². The number of hydrogen-bond donors (Lipinski definition) is 0. The Kier molecular flexibility index (Phi) is 4.23. The van der Waals surface area contributed by atoms with Gasteiger partial charge in [-0.3, -0.25) is 0 Å². The summed E-state index contributed by atoms with van der Waals surface area (Å²) in [5, 5.41) is 0. The van der Waals surface area contributed by atoms with Gasteiger partial charge in [0, 0.05) is 12.2 Å². The fraction of sp³-hybridized carbons (Fsp3) is 0.368. The average Bonchev–Trinajstić information content (AvgIpc) is 2.60. The number of nitrogens with zero attached hydrogens (tertiary/aromatic N) is 1. The van der Waals surface area contributed by atoms with Crippen molar-refractivity contribution >= 4 is 5.69 Å². The van der Waals surface area contributed by atoms with Crippen LogP contribution in [0.2, 0.25) is 0 Å². The zero-order valence-electron chi connectivity index (χ0n) is 13.5. The SMILES string of the molecule is CCC1c2ccc(OC)cc2CCN1c1ccc(OC)cc1. The van der Waals surface area contributed by atoms with Gasteiger partial charge in [0.25, 0.3) is 0 Å². The fourth-order valence-electron chi connectivity index (χ4n) is 3.34. The molecule has 3 heteroatoms. The molecular weight excluding hydrogens is 274 g/mol. The lowest BCUT2D eigenvalue weighted by Gasteiger charge is -2.39. The molecule has 2 aromatic rings. The van der Waals surface area contributed by atoms with Crippen LogP contribution in [0.1, 0.15) is 30.5 Å². The summed E-state index contributed by atoms with van der Waals surface area (Å²) in [7, 11) is 3.43. The minimum absolute atomic E-state index is 0.419. The third-order valence-corrected chi connectivity index (χ3v) is 4.50. The molecule has 0 spiro atoms. The van der Waals surface area contributed by atoms with Crippen LogP contribution in [-0.2, 0) is 6.42 Å². The van der Waals surface area contributed by atoms with Crippen molar-refractivity contribution in [2.45, 2.75) is 25.8 Å². The van der Waals surface area contributed by atoms with Crippen LogP contribution >= 0.6 is 0 Å². The minimum Gasteiger partial charge on any atom is -0.497 e. The van der Waals surface area contributed by atoms with Crippen LogP contribution in [0.15, 0.2) is 42.5 Å². The number of anilines is 1. The molecule has 116 valence electrons. The summed E-state index contributed by atoms with van der Waals surface area (Å²) in [4.78, 5) is 2.49. The predicted molar refractivity (Wildman–Crippen MR) is 90.1 cm³/mol. The third kappa shape index (κ3) is 2.63. The van der Waals surface area contributed by atoms with Gasteiger partial charge < -0.3 is 14.4 Å². The molecule has 1 aliphatic rings. The first kappa shape index (κ1) is 14.8. The molecular formula is C19H23NO2. The molecule has 0 saturated heterocycles. The van der Waals surface area contributed by atoms with Crippen molar-refractivity contribution in [3.8, 4) is 11.5 Å². The molecule has 3 nitrogen and oxygen atoms in total. The molecule has 2 aromatic carbocycles. The molecule has 0 fully saturated rings. The van der Waals surface area contributed by atoms with E-state index in [2.05, 4.69) is 42.2 Å². The average molecular weight is 297 g/mol. The Morgan fingerprint density at radius 1 is 1.00 bits per heavy atom. The normalized spacial score (nSPS) is 17.0.